The molecule has 0 amide bonds. The molecule has 3 unspecified atom stereocenters. The molecule has 4 saturated carbocycles. The first-order chi connectivity index (χ1) is 10.3. The maximum Gasteiger partial charge on any atom is 0.0492 e. The van der Waals surface area contributed by atoms with Crippen molar-refractivity contribution in [3.05, 3.63) is 18.0 Å². The monoisotopic (exact) mass is 287 g/mol. The molecule has 3 atom stereocenters. The Bertz CT molecular complexity index is 473. The van der Waals surface area contributed by atoms with Gasteiger partial charge in [0.2, 0.25) is 0 Å². The number of rotatable bonds is 3. The molecule has 21 heavy (non-hydrogen) atoms. The standard InChI is InChI=1S/C18H29N3/c1-21-18(9-10-19-21)15-3-2-4-16(12-15)20-17-11-13-5-7-14(17)8-6-13/h9-10,13-17,20H,2-8,11-12H2,1H3. The van der Waals surface area contributed by atoms with Crippen LogP contribution in [0.2, 0.25) is 0 Å². The highest BCUT2D eigenvalue weighted by atomic mass is 15.3. The van der Waals surface area contributed by atoms with Crippen LogP contribution in [-0.4, -0.2) is 21.9 Å². The van der Waals surface area contributed by atoms with Gasteiger partial charge in [0.15, 0.2) is 0 Å². The predicted molar refractivity (Wildman–Crippen MR) is 85.2 cm³/mol. The molecule has 4 aliphatic carbocycles. The Morgan fingerprint density at radius 3 is 2.62 bits per heavy atom. The molecule has 0 spiro atoms. The number of hydrogen-bond donors (Lipinski definition) is 1. The van der Waals surface area contributed by atoms with E-state index in [-0.39, 0.29) is 0 Å². The number of fused-ring (bicyclic) bond motifs is 3. The molecule has 0 aliphatic heterocycles. The van der Waals surface area contributed by atoms with Crippen molar-refractivity contribution in [1.82, 2.24) is 15.1 Å². The van der Waals surface area contributed by atoms with Crippen molar-refractivity contribution in [3.8, 4) is 0 Å². The molecule has 1 N–H and O–H groups in total. The minimum absolute atomic E-state index is 0.713. The van der Waals surface area contributed by atoms with Crippen LogP contribution in [0.25, 0.3) is 0 Å². The van der Waals surface area contributed by atoms with E-state index in [0.717, 1.165) is 23.9 Å². The minimum atomic E-state index is 0.713. The summed E-state index contributed by atoms with van der Waals surface area (Å²) in [5.74, 6) is 2.72. The number of nitrogens with one attached hydrogen (secondary N) is 1. The average Bonchev–Trinajstić information content (AvgIpc) is 2.95. The van der Waals surface area contributed by atoms with Crippen molar-refractivity contribution in [2.75, 3.05) is 0 Å². The van der Waals surface area contributed by atoms with Crippen molar-refractivity contribution in [2.24, 2.45) is 18.9 Å². The maximum absolute atomic E-state index is 4.36. The van der Waals surface area contributed by atoms with Gasteiger partial charge in [-0.25, -0.2) is 0 Å². The van der Waals surface area contributed by atoms with E-state index >= 15 is 0 Å². The lowest BCUT2D eigenvalue weighted by Crippen LogP contribution is -2.49. The van der Waals surface area contributed by atoms with E-state index in [9.17, 15) is 0 Å². The van der Waals surface area contributed by atoms with Crippen molar-refractivity contribution in [1.29, 1.82) is 0 Å². The third-order valence-corrected chi connectivity index (χ3v) is 6.45. The van der Waals surface area contributed by atoms with Gasteiger partial charge in [-0.1, -0.05) is 19.3 Å². The fourth-order valence-corrected chi connectivity index (χ4v) is 5.28. The molecule has 1 aromatic heterocycles. The molecule has 0 aromatic carbocycles. The van der Waals surface area contributed by atoms with Crippen molar-refractivity contribution < 1.29 is 0 Å². The Morgan fingerprint density at radius 1 is 1.10 bits per heavy atom. The summed E-state index contributed by atoms with van der Waals surface area (Å²) in [6.45, 7) is 0. The van der Waals surface area contributed by atoms with Gasteiger partial charge in [-0.3, -0.25) is 4.68 Å². The normalized spacial score (nSPS) is 39.6. The highest BCUT2D eigenvalue weighted by Gasteiger charge is 2.37. The zero-order valence-corrected chi connectivity index (χ0v) is 13.3. The molecule has 0 radical (unpaired) electrons. The Morgan fingerprint density at radius 2 is 1.95 bits per heavy atom. The maximum atomic E-state index is 4.36. The summed E-state index contributed by atoms with van der Waals surface area (Å²) in [6.07, 6.45) is 14.8. The lowest BCUT2D eigenvalue weighted by Gasteiger charge is -2.45. The van der Waals surface area contributed by atoms with Gasteiger partial charge in [0.25, 0.3) is 0 Å². The summed E-state index contributed by atoms with van der Waals surface area (Å²) in [6, 6.07) is 3.78. The topological polar surface area (TPSA) is 29.9 Å². The quantitative estimate of drug-likeness (QED) is 0.920. The van der Waals surface area contributed by atoms with Gasteiger partial charge in [-0.15, -0.1) is 0 Å². The molecule has 1 heterocycles. The van der Waals surface area contributed by atoms with Crippen LogP contribution in [-0.2, 0) is 7.05 Å². The Hall–Kier alpha value is -0.830. The van der Waals surface area contributed by atoms with Crippen LogP contribution >= 0.6 is 0 Å². The summed E-state index contributed by atoms with van der Waals surface area (Å²) in [4.78, 5) is 0. The molecule has 5 rings (SSSR count). The smallest absolute Gasteiger partial charge is 0.0492 e. The molecule has 4 fully saturated rings. The largest absolute Gasteiger partial charge is 0.311 e. The fourth-order valence-electron chi connectivity index (χ4n) is 5.28. The second-order valence-electron chi connectivity index (χ2n) is 7.73. The zero-order chi connectivity index (χ0) is 14.2. The van der Waals surface area contributed by atoms with Gasteiger partial charge in [0, 0.05) is 36.9 Å². The summed E-state index contributed by atoms with van der Waals surface area (Å²) in [7, 11) is 2.09. The van der Waals surface area contributed by atoms with Gasteiger partial charge in [-0.2, -0.15) is 5.10 Å². The van der Waals surface area contributed by atoms with E-state index in [1.807, 2.05) is 6.20 Å². The molecule has 4 aliphatic rings. The van der Waals surface area contributed by atoms with Crippen LogP contribution in [0.5, 0.6) is 0 Å². The number of nitrogens with zero attached hydrogens (tertiary/aromatic N) is 2. The van der Waals surface area contributed by atoms with E-state index in [0.29, 0.717) is 5.92 Å². The molecule has 0 saturated heterocycles. The Balaban J connectivity index is 1.39. The number of hydrogen-bond acceptors (Lipinski definition) is 2. The Labute approximate surface area is 128 Å². The van der Waals surface area contributed by atoms with Crippen LogP contribution in [0.15, 0.2) is 12.3 Å². The molecular weight excluding hydrogens is 258 g/mol. The summed E-state index contributed by atoms with van der Waals surface area (Å²) in [5, 5.41) is 8.43. The fraction of sp³-hybridized carbons (Fsp3) is 0.833. The molecule has 3 nitrogen and oxygen atoms in total. The van der Waals surface area contributed by atoms with E-state index in [2.05, 4.69) is 28.2 Å². The first-order valence-electron chi connectivity index (χ1n) is 9.03. The van der Waals surface area contributed by atoms with Crippen molar-refractivity contribution in [2.45, 2.75) is 75.8 Å². The third kappa shape index (κ3) is 2.77. The van der Waals surface area contributed by atoms with Gasteiger partial charge in [-0.05, 0) is 56.4 Å². The number of aromatic nitrogens is 2. The number of aryl methyl sites for hydroxylation is 1. The lowest BCUT2D eigenvalue weighted by molar-refractivity contribution is 0.109. The second kappa shape index (κ2) is 5.75. The zero-order valence-electron chi connectivity index (χ0n) is 13.3. The van der Waals surface area contributed by atoms with Crippen LogP contribution in [0, 0.1) is 11.8 Å². The molecule has 1 aromatic rings. The van der Waals surface area contributed by atoms with Crippen molar-refractivity contribution >= 4 is 0 Å². The predicted octanol–water partition coefficient (Wildman–Crippen LogP) is 3.61. The van der Waals surface area contributed by atoms with E-state index in [4.69, 9.17) is 0 Å². The average molecular weight is 287 g/mol. The van der Waals surface area contributed by atoms with Crippen LogP contribution in [0.3, 0.4) is 0 Å². The van der Waals surface area contributed by atoms with E-state index in [1.54, 1.807) is 0 Å². The van der Waals surface area contributed by atoms with Gasteiger partial charge in [0.05, 0.1) is 0 Å². The van der Waals surface area contributed by atoms with Crippen LogP contribution in [0.1, 0.15) is 69.4 Å². The third-order valence-electron chi connectivity index (χ3n) is 6.45. The minimum Gasteiger partial charge on any atom is -0.311 e. The van der Waals surface area contributed by atoms with E-state index in [1.165, 1.54) is 63.5 Å². The van der Waals surface area contributed by atoms with Crippen LogP contribution < -0.4 is 5.32 Å². The lowest BCUT2D eigenvalue weighted by atomic mass is 9.67. The van der Waals surface area contributed by atoms with Gasteiger partial charge < -0.3 is 5.32 Å². The van der Waals surface area contributed by atoms with Gasteiger partial charge in [0.1, 0.15) is 0 Å². The first-order valence-corrected chi connectivity index (χ1v) is 9.03. The summed E-state index contributed by atoms with van der Waals surface area (Å²) < 4.78 is 2.08. The van der Waals surface area contributed by atoms with Crippen molar-refractivity contribution in [3.63, 3.8) is 0 Å². The summed E-state index contributed by atoms with van der Waals surface area (Å²) in [5.41, 5.74) is 1.44. The second-order valence-corrected chi connectivity index (χ2v) is 7.73. The van der Waals surface area contributed by atoms with E-state index < -0.39 is 0 Å². The summed E-state index contributed by atoms with van der Waals surface area (Å²) >= 11 is 0. The van der Waals surface area contributed by atoms with Crippen LogP contribution in [0.4, 0.5) is 0 Å². The molecule has 3 heteroatoms. The molecule has 116 valence electrons. The van der Waals surface area contributed by atoms with Gasteiger partial charge >= 0.3 is 0 Å². The first kappa shape index (κ1) is 13.8. The highest BCUT2D eigenvalue weighted by Crippen LogP contribution is 2.42. The SMILES string of the molecule is Cn1nccc1C1CCCC(NC2CC3CCC2CC3)C1. The highest BCUT2D eigenvalue weighted by molar-refractivity contribution is 5.09. The molecular formula is C18H29N3. The molecule has 2 bridgehead atoms. The Kier molecular flexibility index (Phi) is 3.78.